The molecular formula is C32H31Cl2N5O4. The van der Waals surface area contributed by atoms with E-state index >= 15 is 0 Å². The van der Waals surface area contributed by atoms with Crippen LogP contribution < -0.4 is 14.8 Å². The molecule has 0 spiro atoms. The van der Waals surface area contributed by atoms with Gasteiger partial charge in [0.05, 0.1) is 48.0 Å². The molecule has 1 fully saturated rings. The Morgan fingerprint density at radius 1 is 1.05 bits per heavy atom. The molecule has 0 bridgehead atoms. The topological polar surface area (TPSA) is 110 Å². The number of Topliss-reactive ketones (excluding diaryl/α,β-unsaturated/α-hetero) is 1. The van der Waals surface area contributed by atoms with Gasteiger partial charge in [0.2, 0.25) is 5.88 Å². The van der Waals surface area contributed by atoms with E-state index in [1.807, 2.05) is 36.4 Å². The van der Waals surface area contributed by atoms with Crippen molar-refractivity contribution in [3.63, 3.8) is 0 Å². The summed E-state index contributed by atoms with van der Waals surface area (Å²) in [7, 11) is 3.17. The number of ketones is 1. The Hall–Kier alpha value is -3.60. The Kier molecular flexibility index (Phi) is 8.61. The molecular weight excluding hydrogens is 589 g/mol. The van der Waals surface area contributed by atoms with Gasteiger partial charge in [-0.2, -0.15) is 0 Å². The number of rotatable bonds is 9. The molecule has 0 unspecified atom stereocenters. The van der Waals surface area contributed by atoms with Crippen LogP contribution in [-0.4, -0.2) is 70.7 Å². The number of aliphatic hydroxyl groups excluding tert-OH is 1. The highest BCUT2D eigenvalue weighted by Gasteiger charge is 2.26. The molecule has 2 aromatic heterocycles. The lowest BCUT2D eigenvalue weighted by Gasteiger charge is -2.35. The van der Waals surface area contributed by atoms with Gasteiger partial charge < -0.3 is 19.9 Å². The summed E-state index contributed by atoms with van der Waals surface area (Å²) in [5, 5.41) is 13.8. The molecule has 1 saturated heterocycles. The van der Waals surface area contributed by atoms with Crippen LogP contribution in [0.5, 0.6) is 11.6 Å². The van der Waals surface area contributed by atoms with Crippen molar-refractivity contribution in [1.82, 2.24) is 25.2 Å². The van der Waals surface area contributed by atoms with Gasteiger partial charge in [-0.3, -0.25) is 14.7 Å². The predicted molar refractivity (Wildman–Crippen MR) is 165 cm³/mol. The maximum absolute atomic E-state index is 13.4. The summed E-state index contributed by atoms with van der Waals surface area (Å²) in [5.74, 6) is 0.938. The van der Waals surface area contributed by atoms with E-state index in [2.05, 4.69) is 25.2 Å². The summed E-state index contributed by atoms with van der Waals surface area (Å²) in [5.41, 5.74) is 6.22. The number of hydrogen-bond acceptors (Lipinski definition) is 9. The first-order chi connectivity index (χ1) is 20.9. The van der Waals surface area contributed by atoms with Gasteiger partial charge in [-0.05, 0) is 18.5 Å². The normalized spacial score (nSPS) is 15.1. The minimum atomic E-state index is -0.301. The summed E-state index contributed by atoms with van der Waals surface area (Å²) in [6.45, 7) is 3.18. The van der Waals surface area contributed by atoms with Crippen molar-refractivity contribution < 1.29 is 19.4 Å². The molecule has 222 valence electrons. The Labute approximate surface area is 259 Å². The fourth-order valence-corrected chi connectivity index (χ4v) is 6.18. The molecule has 11 heteroatoms. The van der Waals surface area contributed by atoms with Gasteiger partial charge in [0, 0.05) is 60.9 Å². The van der Waals surface area contributed by atoms with Gasteiger partial charge in [0.15, 0.2) is 5.78 Å². The molecule has 2 N–H and O–H groups in total. The summed E-state index contributed by atoms with van der Waals surface area (Å²) >= 11 is 13.9. The molecule has 2 aliphatic rings. The summed E-state index contributed by atoms with van der Waals surface area (Å²) in [6, 6.07) is 12.9. The van der Waals surface area contributed by atoms with E-state index in [-0.39, 0.29) is 18.3 Å². The van der Waals surface area contributed by atoms with Crippen LogP contribution >= 0.6 is 23.2 Å². The van der Waals surface area contributed by atoms with Crippen LogP contribution in [0.1, 0.15) is 33.0 Å². The fraction of sp³-hybridized carbons (Fsp3) is 0.312. The molecule has 0 amide bonds. The third-order valence-electron chi connectivity index (χ3n) is 7.83. The summed E-state index contributed by atoms with van der Waals surface area (Å²) in [6.07, 6.45) is 2.25. The van der Waals surface area contributed by atoms with Gasteiger partial charge in [0.25, 0.3) is 0 Å². The number of fused-ring (bicyclic) bond motifs is 1. The van der Waals surface area contributed by atoms with E-state index < -0.39 is 0 Å². The number of carbonyl (C=O) groups excluding carboxylic acids is 1. The van der Waals surface area contributed by atoms with Crippen molar-refractivity contribution in [3.05, 3.63) is 86.9 Å². The molecule has 43 heavy (non-hydrogen) atoms. The van der Waals surface area contributed by atoms with Gasteiger partial charge in [-0.25, -0.2) is 9.97 Å². The molecule has 0 radical (unpaired) electrons. The molecule has 9 nitrogen and oxygen atoms in total. The van der Waals surface area contributed by atoms with E-state index in [1.54, 1.807) is 26.5 Å². The second-order valence-electron chi connectivity index (χ2n) is 10.7. The van der Waals surface area contributed by atoms with Crippen molar-refractivity contribution in [3.8, 4) is 34.0 Å². The van der Waals surface area contributed by atoms with Gasteiger partial charge in [0.1, 0.15) is 17.1 Å². The SMILES string of the molecule is COc1cc(C(=O)Cc2cccc(-c3cccc(-c4cnc(CN5CC(O)C5)c(OC)n4)c3Cl)c2Cl)nc2c1CCNC2. The van der Waals surface area contributed by atoms with Crippen molar-refractivity contribution in [1.29, 1.82) is 0 Å². The predicted octanol–water partition coefficient (Wildman–Crippen LogP) is 4.78. The minimum Gasteiger partial charge on any atom is -0.496 e. The first kappa shape index (κ1) is 29.5. The summed E-state index contributed by atoms with van der Waals surface area (Å²) < 4.78 is 11.1. The molecule has 6 rings (SSSR count). The lowest BCUT2D eigenvalue weighted by Crippen LogP contribution is -2.50. The number of methoxy groups -OCH3 is 2. The quantitative estimate of drug-likeness (QED) is 0.256. The molecule has 2 aromatic carbocycles. The Morgan fingerprint density at radius 3 is 2.53 bits per heavy atom. The van der Waals surface area contributed by atoms with Crippen molar-refractivity contribution in [2.24, 2.45) is 0 Å². The molecule has 0 saturated carbocycles. The van der Waals surface area contributed by atoms with E-state index in [9.17, 15) is 9.90 Å². The van der Waals surface area contributed by atoms with Gasteiger partial charge in [-0.1, -0.05) is 59.6 Å². The third kappa shape index (κ3) is 5.96. The average Bonchev–Trinajstić information content (AvgIpc) is 3.01. The molecule has 4 heterocycles. The highest BCUT2D eigenvalue weighted by molar-refractivity contribution is 6.38. The number of aliphatic hydroxyl groups is 1. The first-order valence-electron chi connectivity index (χ1n) is 14.0. The van der Waals surface area contributed by atoms with Crippen LogP contribution in [0.25, 0.3) is 22.4 Å². The number of halogens is 2. The van der Waals surface area contributed by atoms with Crippen molar-refractivity contribution in [2.45, 2.75) is 32.0 Å². The number of nitrogens with one attached hydrogen (secondary N) is 1. The maximum atomic E-state index is 13.4. The van der Waals surface area contributed by atoms with Crippen LogP contribution in [0.3, 0.4) is 0 Å². The number of pyridine rings is 1. The molecule has 2 aliphatic heterocycles. The second-order valence-corrected chi connectivity index (χ2v) is 11.4. The second kappa shape index (κ2) is 12.6. The highest BCUT2D eigenvalue weighted by Crippen LogP contribution is 2.40. The first-order valence-corrected chi connectivity index (χ1v) is 14.8. The minimum absolute atomic E-state index is 0.0739. The Morgan fingerprint density at radius 2 is 1.79 bits per heavy atom. The fourth-order valence-electron chi connectivity index (χ4n) is 5.57. The van der Waals surface area contributed by atoms with Crippen LogP contribution in [0.4, 0.5) is 0 Å². The lowest BCUT2D eigenvalue weighted by atomic mass is 9.97. The van der Waals surface area contributed by atoms with Gasteiger partial charge in [-0.15, -0.1) is 0 Å². The Bertz CT molecular complexity index is 1680. The zero-order valence-electron chi connectivity index (χ0n) is 23.9. The van der Waals surface area contributed by atoms with Crippen LogP contribution in [0.15, 0.2) is 48.7 Å². The molecule has 4 aromatic rings. The number of hydrogen-bond donors (Lipinski definition) is 2. The number of β-amino-alcohol motifs (C(OH)–C–C–N with tert-alkyl or cyclic N) is 1. The molecule has 0 aliphatic carbocycles. The van der Waals surface area contributed by atoms with E-state index in [1.165, 1.54) is 0 Å². The third-order valence-corrected chi connectivity index (χ3v) is 8.68. The standard InChI is InChI=1S/C32H31Cl2N5O4/c1-42-29-12-24(37-25-13-35-10-9-22(25)29)28(41)11-18-5-3-6-20(30(18)33)21-7-4-8-23(31(21)34)26-14-36-27(32(38-26)43-2)17-39-15-19(40)16-39/h3-8,12,14,19,35,40H,9-11,13,15-17H2,1-2H3. The van der Waals surface area contributed by atoms with Crippen LogP contribution in [0, 0.1) is 0 Å². The van der Waals surface area contributed by atoms with Gasteiger partial charge >= 0.3 is 0 Å². The highest BCUT2D eigenvalue weighted by atomic mass is 35.5. The zero-order chi connectivity index (χ0) is 30.1. The van der Waals surface area contributed by atoms with Crippen molar-refractivity contribution in [2.75, 3.05) is 33.9 Å². The average molecular weight is 621 g/mol. The summed E-state index contributed by atoms with van der Waals surface area (Å²) in [4.78, 5) is 29.4. The number of nitrogens with zero attached hydrogens (tertiary/aromatic N) is 4. The zero-order valence-corrected chi connectivity index (χ0v) is 25.4. The maximum Gasteiger partial charge on any atom is 0.237 e. The number of ether oxygens (including phenoxy) is 2. The Balaban J connectivity index is 1.28. The van der Waals surface area contributed by atoms with Crippen molar-refractivity contribution >= 4 is 29.0 Å². The van der Waals surface area contributed by atoms with E-state index in [0.29, 0.717) is 87.2 Å². The molecule has 0 atom stereocenters. The largest absolute Gasteiger partial charge is 0.496 e. The number of aromatic nitrogens is 3. The van der Waals surface area contributed by atoms with Crippen LogP contribution in [0.2, 0.25) is 10.0 Å². The van der Waals surface area contributed by atoms with Crippen LogP contribution in [-0.2, 0) is 25.9 Å². The lowest BCUT2D eigenvalue weighted by molar-refractivity contribution is -0.00403. The number of carbonyl (C=O) groups is 1. The van der Waals surface area contributed by atoms with E-state index in [4.69, 9.17) is 32.7 Å². The monoisotopic (exact) mass is 619 g/mol. The van der Waals surface area contributed by atoms with E-state index in [0.717, 1.165) is 24.2 Å². The number of benzene rings is 2. The smallest absolute Gasteiger partial charge is 0.237 e. The number of likely N-dealkylation sites (tertiary alicyclic amines) is 1.